The van der Waals surface area contributed by atoms with E-state index in [1.165, 1.54) is 6.42 Å². The number of nitrogens with two attached hydrogens (primary N) is 1. The van der Waals surface area contributed by atoms with Gasteiger partial charge in [-0.1, -0.05) is 13.3 Å². The van der Waals surface area contributed by atoms with Crippen LogP contribution in [0.15, 0.2) is 0 Å². The highest BCUT2D eigenvalue weighted by Crippen LogP contribution is 2.11. The predicted molar refractivity (Wildman–Crippen MR) is 59.3 cm³/mol. The van der Waals surface area contributed by atoms with Crippen molar-refractivity contribution in [2.75, 3.05) is 19.8 Å². The van der Waals surface area contributed by atoms with E-state index in [9.17, 15) is 5.11 Å². The van der Waals surface area contributed by atoms with Crippen LogP contribution in [0.4, 0.5) is 0 Å². The van der Waals surface area contributed by atoms with Crippen molar-refractivity contribution >= 4 is 0 Å². The second-order valence-corrected chi connectivity index (χ2v) is 4.12. The minimum absolute atomic E-state index is 0.337. The largest absolute Gasteiger partial charge is 0.389 e. The van der Waals surface area contributed by atoms with Crippen molar-refractivity contribution in [3.8, 4) is 0 Å². The van der Waals surface area contributed by atoms with Crippen LogP contribution in [-0.4, -0.2) is 30.5 Å². The van der Waals surface area contributed by atoms with Gasteiger partial charge in [0, 0.05) is 19.8 Å². The maximum absolute atomic E-state index is 9.60. The molecule has 0 radical (unpaired) electrons. The van der Waals surface area contributed by atoms with E-state index in [2.05, 4.69) is 6.92 Å². The number of hydrogen-bond donors (Lipinski definition) is 2. The molecule has 14 heavy (non-hydrogen) atoms. The fraction of sp³-hybridized carbons (Fsp3) is 1.00. The maximum Gasteiger partial charge on any atom is 0.0741 e. The number of ether oxygens (including phenoxy) is 1. The van der Waals surface area contributed by atoms with Crippen molar-refractivity contribution in [1.29, 1.82) is 0 Å². The van der Waals surface area contributed by atoms with Crippen molar-refractivity contribution in [3.63, 3.8) is 0 Å². The SMILES string of the molecule is CCCCOCCCCC(C)(O)CN. The number of aliphatic hydroxyl groups is 1. The summed E-state index contributed by atoms with van der Waals surface area (Å²) in [6, 6.07) is 0. The Kier molecular flexibility index (Phi) is 8.14. The van der Waals surface area contributed by atoms with Crippen LogP contribution < -0.4 is 5.73 Å². The second kappa shape index (κ2) is 8.21. The first-order valence-electron chi connectivity index (χ1n) is 5.62. The van der Waals surface area contributed by atoms with Crippen molar-refractivity contribution in [3.05, 3.63) is 0 Å². The molecular formula is C11H25NO2. The van der Waals surface area contributed by atoms with Gasteiger partial charge in [0.1, 0.15) is 0 Å². The third kappa shape index (κ3) is 8.48. The van der Waals surface area contributed by atoms with Crippen LogP contribution in [-0.2, 0) is 4.74 Å². The van der Waals surface area contributed by atoms with E-state index in [0.717, 1.165) is 38.9 Å². The van der Waals surface area contributed by atoms with Gasteiger partial charge in [0.05, 0.1) is 5.60 Å². The van der Waals surface area contributed by atoms with Gasteiger partial charge in [-0.2, -0.15) is 0 Å². The first kappa shape index (κ1) is 13.9. The average Bonchev–Trinajstić information content (AvgIpc) is 2.16. The highest BCUT2D eigenvalue weighted by atomic mass is 16.5. The Balaban J connectivity index is 3.13. The van der Waals surface area contributed by atoms with Gasteiger partial charge in [-0.25, -0.2) is 0 Å². The minimum atomic E-state index is -0.691. The van der Waals surface area contributed by atoms with E-state index in [1.807, 2.05) is 0 Å². The summed E-state index contributed by atoms with van der Waals surface area (Å²) in [6.45, 7) is 5.95. The van der Waals surface area contributed by atoms with Crippen LogP contribution in [0.1, 0.15) is 46.0 Å². The highest BCUT2D eigenvalue weighted by Gasteiger charge is 2.16. The van der Waals surface area contributed by atoms with Gasteiger partial charge in [0.15, 0.2) is 0 Å². The Hall–Kier alpha value is -0.120. The van der Waals surface area contributed by atoms with Crippen molar-refractivity contribution in [2.24, 2.45) is 5.73 Å². The first-order chi connectivity index (χ1) is 6.62. The molecule has 0 saturated carbocycles. The summed E-state index contributed by atoms with van der Waals surface area (Å²) < 4.78 is 5.41. The molecule has 0 saturated heterocycles. The molecule has 0 spiro atoms. The van der Waals surface area contributed by atoms with E-state index >= 15 is 0 Å². The lowest BCUT2D eigenvalue weighted by Crippen LogP contribution is -2.33. The standard InChI is InChI=1S/C11H25NO2/c1-3-4-8-14-9-6-5-7-11(2,13)10-12/h13H,3-10,12H2,1-2H3. The monoisotopic (exact) mass is 203 g/mol. The lowest BCUT2D eigenvalue weighted by molar-refractivity contribution is 0.0528. The molecule has 0 aromatic carbocycles. The molecule has 0 fully saturated rings. The van der Waals surface area contributed by atoms with Crippen LogP contribution in [0.25, 0.3) is 0 Å². The molecule has 3 nitrogen and oxygen atoms in total. The highest BCUT2D eigenvalue weighted by molar-refractivity contribution is 4.72. The lowest BCUT2D eigenvalue weighted by atomic mass is 10.00. The van der Waals surface area contributed by atoms with E-state index in [-0.39, 0.29) is 0 Å². The average molecular weight is 203 g/mol. The molecule has 0 aliphatic heterocycles. The fourth-order valence-electron chi connectivity index (χ4n) is 1.16. The Morgan fingerprint density at radius 3 is 2.43 bits per heavy atom. The van der Waals surface area contributed by atoms with Crippen LogP contribution in [0.5, 0.6) is 0 Å². The molecular weight excluding hydrogens is 178 g/mol. The Morgan fingerprint density at radius 2 is 1.86 bits per heavy atom. The molecule has 0 amide bonds. The Morgan fingerprint density at radius 1 is 1.21 bits per heavy atom. The van der Waals surface area contributed by atoms with E-state index in [4.69, 9.17) is 10.5 Å². The molecule has 0 aliphatic carbocycles. The number of unbranched alkanes of at least 4 members (excludes halogenated alkanes) is 2. The summed E-state index contributed by atoms with van der Waals surface area (Å²) in [4.78, 5) is 0. The summed E-state index contributed by atoms with van der Waals surface area (Å²) in [5, 5.41) is 9.60. The van der Waals surface area contributed by atoms with Crippen LogP contribution in [0.2, 0.25) is 0 Å². The molecule has 3 N–H and O–H groups in total. The quantitative estimate of drug-likeness (QED) is 0.561. The third-order valence-corrected chi connectivity index (χ3v) is 2.34. The molecule has 0 rings (SSSR count). The Bertz CT molecular complexity index is 126. The van der Waals surface area contributed by atoms with Crippen molar-refractivity contribution < 1.29 is 9.84 Å². The third-order valence-electron chi connectivity index (χ3n) is 2.34. The molecule has 1 atom stereocenters. The molecule has 0 aromatic heterocycles. The fourth-order valence-corrected chi connectivity index (χ4v) is 1.16. The first-order valence-corrected chi connectivity index (χ1v) is 5.62. The summed E-state index contributed by atoms with van der Waals surface area (Å²) >= 11 is 0. The molecule has 0 aliphatic rings. The summed E-state index contributed by atoms with van der Waals surface area (Å²) in [6.07, 6.45) is 5.08. The molecule has 0 heterocycles. The van der Waals surface area contributed by atoms with E-state index in [1.54, 1.807) is 6.92 Å². The van der Waals surface area contributed by atoms with Gasteiger partial charge in [0.2, 0.25) is 0 Å². The predicted octanol–water partition coefficient (Wildman–Crippen LogP) is 1.68. The number of hydrogen-bond acceptors (Lipinski definition) is 3. The van der Waals surface area contributed by atoms with Gasteiger partial charge >= 0.3 is 0 Å². The molecule has 3 heteroatoms. The van der Waals surface area contributed by atoms with Crippen molar-refractivity contribution in [1.82, 2.24) is 0 Å². The summed E-state index contributed by atoms with van der Waals surface area (Å²) in [5.41, 5.74) is 4.71. The molecule has 1 unspecified atom stereocenters. The number of rotatable bonds is 9. The lowest BCUT2D eigenvalue weighted by Gasteiger charge is -2.20. The van der Waals surface area contributed by atoms with Gasteiger partial charge in [0.25, 0.3) is 0 Å². The van der Waals surface area contributed by atoms with Gasteiger partial charge in [-0.15, -0.1) is 0 Å². The maximum atomic E-state index is 9.60. The summed E-state index contributed by atoms with van der Waals surface area (Å²) in [7, 11) is 0. The van der Waals surface area contributed by atoms with E-state index < -0.39 is 5.60 Å². The molecule has 0 aromatic rings. The van der Waals surface area contributed by atoms with Crippen LogP contribution >= 0.6 is 0 Å². The Labute approximate surface area is 87.6 Å². The normalized spacial score (nSPS) is 15.4. The second-order valence-electron chi connectivity index (χ2n) is 4.12. The topological polar surface area (TPSA) is 55.5 Å². The van der Waals surface area contributed by atoms with Crippen LogP contribution in [0, 0.1) is 0 Å². The minimum Gasteiger partial charge on any atom is -0.389 e. The summed E-state index contributed by atoms with van der Waals surface area (Å²) in [5.74, 6) is 0. The van der Waals surface area contributed by atoms with Gasteiger partial charge in [-0.05, 0) is 32.6 Å². The molecule has 86 valence electrons. The zero-order valence-electron chi connectivity index (χ0n) is 9.59. The van der Waals surface area contributed by atoms with Gasteiger partial charge in [-0.3, -0.25) is 0 Å². The van der Waals surface area contributed by atoms with Crippen LogP contribution in [0.3, 0.4) is 0 Å². The smallest absolute Gasteiger partial charge is 0.0741 e. The zero-order valence-corrected chi connectivity index (χ0v) is 9.59. The zero-order chi connectivity index (χ0) is 10.9. The van der Waals surface area contributed by atoms with Gasteiger partial charge < -0.3 is 15.6 Å². The van der Waals surface area contributed by atoms with E-state index in [0.29, 0.717) is 6.54 Å². The molecule has 0 bridgehead atoms. The van der Waals surface area contributed by atoms with Crippen molar-refractivity contribution in [2.45, 2.75) is 51.6 Å².